The Bertz CT molecular complexity index is 1030. The normalized spacial score (nSPS) is 14.9. The zero-order valence-electron chi connectivity index (χ0n) is 16.4. The minimum atomic E-state index is -3.73. The zero-order valence-corrected chi connectivity index (χ0v) is 17.9. The van der Waals surface area contributed by atoms with E-state index >= 15 is 0 Å². The van der Waals surface area contributed by atoms with Crippen molar-refractivity contribution in [3.8, 4) is 0 Å². The molecule has 2 aromatic carbocycles. The predicted molar refractivity (Wildman–Crippen MR) is 113 cm³/mol. The monoisotopic (exact) mass is 451 g/mol. The molecule has 0 spiro atoms. The molecule has 8 nitrogen and oxygen atoms in total. The van der Waals surface area contributed by atoms with Crippen LogP contribution in [0.4, 0.5) is 5.69 Å². The summed E-state index contributed by atoms with van der Waals surface area (Å²) in [6.45, 7) is 2.64. The molecule has 1 fully saturated rings. The fraction of sp³-hybridized carbons (Fsp3) is 0.300. The van der Waals surface area contributed by atoms with Gasteiger partial charge in [-0.3, -0.25) is 9.59 Å². The second kappa shape index (κ2) is 9.57. The van der Waals surface area contributed by atoms with Gasteiger partial charge in [0, 0.05) is 29.4 Å². The molecule has 2 N–H and O–H groups in total. The van der Waals surface area contributed by atoms with E-state index in [0.29, 0.717) is 29.5 Å². The molecule has 0 radical (unpaired) electrons. The number of rotatable bonds is 6. The van der Waals surface area contributed by atoms with Gasteiger partial charge in [0.05, 0.1) is 24.7 Å². The molecule has 0 saturated carbocycles. The summed E-state index contributed by atoms with van der Waals surface area (Å²) in [4.78, 5) is 24.7. The lowest BCUT2D eigenvalue weighted by atomic mass is 10.1. The van der Waals surface area contributed by atoms with Crippen LogP contribution in [0.3, 0.4) is 0 Å². The molecule has 1 saturated heterocycles. The number of benzene rings is 2. The van der Waals surface area contributed by atoms with Crippen molar-refractivity contribution in [3.05, 3.63) is 58.6 Å². The van der Waals surface area contributed by atoms with Crippen molar-refractivity contribution in [2.75, 3.05) is 38.2 Å². The molecule has 0 atom stereocenters. The number of sulfonamides is 1. The lowest BCUT2D eigenvalue weighted by Gasteiger charge is -2.26. The standard InChI is InChI=1S/C20H22ClN3O5S/c1-14-2-7-17(30(27,28)24-8-10-29-11-9-24)12-18(14)20(26)22-13-19(25)23-16-5-3-15(21)4-6-16/h2-7,12H,8-11,13H2,1H3,(H,22,26)(H,23,25). The molecule has 0 unspecified atom stereocenters. The van der Waals surface area contributed by atoms with Gasteiger partial charge in [-0.1, -0.05) is 17.7 Å². The number of carbonyl (C=O) groups excluding carboxylic acids is 2. The number of halogens is 1. The van der Waals surface area contributed by atoms with Crippen LogP contribution >= 0.6 is 11.6 Å². The van der Waals surface area contributed by atoms with Gasteiger partial charge in [-0.15, -0.1) is 0 Å². The van der Waals surface area contributed by atoms with Crippen molar-refractivity contribution in [3.63, 3.8) is 0 Å². The highest BCUT2D eigenvalue weighted by atomic mass is 35.5. The van der Waals surface area contributed by atoms with Gasteiger partial charge >= 0.3 is 0 Å². The summed E-state index contributed by atoms with van der Waals surface area (Å²) in [5, 5.41) is 5.71. The Hall–Kier alpha value is -2.46. The molecule has 1 aliphatic heterocycles. The predicted octanol–water partition coefficient (Wildman–Crippen LogP) is 2.04. The van der Waals surface area contributed by atoms with Crippen molar-refractivity contribution >= 4 is 39.1 Å². The third-order valence-corrected chi connectivity index (χ3v) is 6.75. The van der Waals surface area contributed by atoms with E-state index in [9.17, 15) is 18.0 Å². The number of carbonyl (C=O) groups is 2. The molecule has 30 heavy (non-hydrogen) atoms. The van der Waals surface area contributed by atoms with Crippen LogP contribution in [0.25, 0.3) is 0 Å². The molecule has 1 aliphatic rings. The summed E-state index contributed by atoms with van der Waals surface area (Å²) in [6, 6.07) is 11.0. The molecular formula is C20H22ClN3O5S. The summed E-state index contributed by atoms with van der Waals surface area (Å²) < 4.78 is 32.2. The van der Waals surface area contributed by atoms with Crippen LogP contribution in [-0.2, 0) is 19.6 Å². The summed E-state index contributed by atoms with van der Waals surface area (Å²) >= 11 is 5.81. The first-order valence-corrected chi connectivity index (χ1v) is 11.1. The first-order chi connectivity index (χ1) is 14.3. The van der Waals surface area contributed by atoms with E-state index in [0.717, 1.165) is 0 Å². The summed E-state index contributed by atoms with van der Waals surface area (Å²) in [5.74, 6) is -0.946. The average molecular weight is 452 g/mol. The largest absolute Gasteiger partial charge is 0.379 e. The molecule has 1 heterocycles. The van der Waals surface area contributed by atoms with E-state index in [2.05, 4.69) is 10.6 Å². The molecule has 2 aromatic rings. The van der Waals surface area contributed by atoms with Gasteiger partial charge in [-0.25, -0.2) is 8.42 Å². The Labute approximate surface area is 180 Å². The number of nitrogens with zero attached hydrogens (tertiary/aromatic N) is 1. The minimum Gasteiger partial charge on any atom is -0.379 e. The quantitative estimate of drug-likeness (QED) is 0.699. The zero-order chi connectivity index (χ0) is 21.7. The van der Waals surface area contributed by atoms with E-state index in [1.165, 1.54) is 16.4 Å². The van der Waals surface area contributed by atoms with Crippen LogP contribution in [0.15, 0.2) is 47.4 Å². The third kappa shape index (κ3) is 5.37. The van der Waals surface area contributed by atoms with Gasteiger partial charge in [0.2, 0.25) is 15.9 Å². The molecule has 0 bridgehead atoms. The lowest BCUT2D eigenvalue weighted by Crippen LogP contribution is -2.40. The van der Waals surface area contributed by atoms with Gasteiger partial charge in [0.15, 0.2) is 0 Å². The van der Waals surface area contributed by atoms with Crippen LogP contribution in [0, 0.1) is 6.92 Å². The van der Waals surface area contributed by atoms with Crippen LogP contribution in [0.1, 0.15) is 15.9 Å². The van der Waals surface area contributed by atoms with E-state index in [1.807, 2.05) is 0 Å². The maximum Gasteiger partial charge on any atom is 0.252 e. The van der Waals surface area contributed by atoms with Gasteiger partial charge in [0.1, 0.15) is 0 Å². The van der Waals surface area contributed by atoms with Crippen LogP contribution < -0.4 is 10.6 Å². The third-order valence-electron chi connectivity index (χ3n) is 4.60. The van der Waals surface area contributed by atoms with E-state index in [1.54, 1.807) is 37.3 Å². The molecule has 3 rings (SSSR count). The number of aryl methyl sites for hydroxylation is 1. The molecule has 2 amide bonds. The number of hydrogen-bond donors (Lipinski definition) is 2. The summed E-state index contributed by atoms with van der Waals surface area (Å²) in [5.41, 5.74) is 1.35. The number of morpholine rings is 1. The fourth-order valence-electron chi connectivity index (χ4n) is 2.94. The maximum absolute atomic E-state index is 12.8. The van der Waals surface area contributed by atoms with E-state index in [4.69, 9.17) is 16.3 Å². The average Bonchev–Trinajstić information content (AvgIpc) is 2.74. The highest BCUT2D eigenvalue weighted by molar-refractivity contribution is 7.89. The van der Waals surface area contributed by atoms with E-state index in [-0.39, 0.29) is 30.1 Å². The van der Waals surface area contributed by atoms with Crippen molar-refractivity contribution in [1.29, 1.82) is 0 Å². The molecule has 160 valence electrons. The molecular weight excluding hydrogens is 430 g/mol. The summed E-state index contributed by atoms with van der Waals surface area (Å²) in [6.07, 6.45) is 0. The highest BCUT2D eigenvalue weighted by Crippen LogP contribution is 2.20. The van der Waals surface area contributed by atoms with Gasteiger partial charge in [0.25, 0.3) is 5.91 Å². The first-order valence-electron chi connectivity index (χ1n) is 9.29. The smallest absolute Gasteiger partial charge is 0.252 e. The maximum atomic E-state index is 12.8. The van der Waals surface area contributed by atoms with Gasteiger partial charge in [-0.05, 0) is 48.9 Å². The van der Waals surface area contributed by atoms with Crippen LogP contribution in [-0.4, -0.2) is 57.4 Å². The van der Waals surface area contributed by atoms with Gasteiger partial charge in [-0.2, -0.15) is 4.31 Å². The van der Waals surface area contributed by atoms with Gasteiger partial charge < -0.3 is 15.4 Å². The van der Waals surface area contributed by atoms with Crippen molar-refractivity contribution in [2.45, 2.75) is 11.8 Å². The Balaban J connectivity index is 1.67. The highest BCUT2D eigenvalue weighted by Gasteiger charge is 2.27. The fourth-order valence-corrected chi connectivity index (χ4v) is 4.50. The number of ether oxygens (including phenoxy) is 1. The summed E-state index contributed by atoms with van der Waals surface area (Å²) in [7, 11) is -3.73. The Morgan fingerprint density at radius 3 is 2.43 bits per heavy atom. The number of anilines is 1. The molecule has 0 aliphatic carbocycles. The topological polar surface area (TPSA) is 105 Å². The van der Waals surface area contributed by atoms with Crippen molar-refractivity contribution in [2.24, 2.45) is 0 Å². The lowest BCUT2D eigenvalue weighted by molar-refractivity contribution is -0.115. The van der Waals surface area contributed by atoms with Crippen molar-refractivity contribution in [1.82, 2.24) is 9.62 Å². The first kappa shape index (κ1) is 22.2. The Kier molecular flexibility index (Phi) is 7.09. The van der Waals surface area contributed by atoms with E-state index < -0.39 is 21.8 Å². The SMILES string of the molecule is Cc1ccc(S(=O)(=O)N2CCOCC2)cc1C(=O)NCC(=O)Nc1ccc(Cl)cc1. The molecule has 0 aromatic heterocycles. The van der Waals surface area contributed by atoms with Crippen LogP contribution in [0.5, 0.6) is 0 Å². The Morgan fingerprint density at radius 1 is 1.10 bits per heavy atom. The molecule has 10 heteroatoms. The number of hydrogen-bond acceptors (Lipinski definition) is 5. The van der Waals surface area contributed by atoms with Crippen LogP contribution in [0.2, 0.25) is 5.02 Å². The second-order valence-electron chi connectivity index (χ2n) is 6.73. The number of amides is 2. The number of nitrogens with one attached hydrogen (secondary N) is 2. The minimum absolute atomic E-state index is 0.0331. The second-order valence-corrected chi connectivity index (χ2v) is 9.11. The Morgan fingerprint density at radius 2 is 1.77 bits per heavy atom. The van der Waals surface area contributed by atoms with Crippen molar-refractivity contribution < 1.29 is 22.7 Å².